The average Bonchev–Trinajstić information content (AvgIpc) is 2.76. The summed E-state index contributed by atoms with van der Waals surface area (Å²) >= 11 is 4.79. The van der Waals surface area contributed by atoms with Crippen molar-refractivity contribution in [2.75, 3.05) is 13.2 Å². The summed E-state index contributed by atoms with van der Waals surface area (Å²) in [7, 11) is 0. The Kier molecular flexibility index (Phi) is 6.77. The second-order valence-electron chi connectivity index (χ2n) is 5.06. The number of rotatable bonds is 6. The van der Waals surface area contributed by atoms with Gasteiger partial charge in [0.2, 0.25) is 0 Å². The minimum absolute atomic E-state index is 0.0888. The molecule has 2 aliphatic rings. The van der Waals surface area contributed by atoms with Gasteiger partial charge in [-0.15, -0.1) is 0 Å². The van der Waals surface area contributed by atoms with Crippen molar-refractivity contribution in [2.45, 2.75) is 52.1 Å². The summed E-state index contributed by atoms with van der Waals surface area (Å²) in [5.74, 6) is 0. The fraction of sp³-hybridized carbons (Fsp3) is 0.846. The van der Waals surface area contributed by atoms with Crippen molar-refractivity contribution in [3.05, 3.63) is 9.91 Å². The number of ether oxygens (including phenoxy) is 2. The molecule has 0 aromatic carbocycles. The predicted octanol–water partition coefficient (Wildman–Crippen LogP) is 3.52. The summed E-state index contributed by atoms with van der Waals surface area (Å²) in [5.41, 5.74) is 0. The van der Waals surface area contributed by atoms with E-state index in [9.17, 15) is 0 Å². The third-order valence-corrected chi connectivity index (χ3v) is 13.4. The zero-order chi connectivity index (χ0) is 11.9. The first kappa shape index (κ1) is 14.2. The van der Waals surface area contributed by atoms with Crippen LogP contribution in [0.5, 0.6) is 0 Å². The van der Waals surface area contributed by atoms with Crippen LogP contribution in [-0.2, 0) is 9.47 Å². The zero-order valence-corrected chi connectivity index (χ0v) is 14.5. The number of unbranched alkanes of at least 4 members (excludes halogenated alkanes) is 1. The van der Waals surface area contributed by atoms with E-state index in [2.05, 4.69) is 9.91 Å². The molecule has 0 aliphatic carbocycles. The molecule has 2 heterocycles. The third kappa shape index (κ3) is 5.54. The fourth-order valence-electron chi connectivity index (χ4n) is 2.50. The summed E-state index contributed by atoms with van der Waals surface area (Å²) in [6.45, 7) is 1.75. The molecule has 2 atom stereocenters. The van der Waals surface area contributed by atoms with Crippen LogP contribution in [0, 0.1) is 0 Å². The Balaban J connectivity index is 1.45. The first-order valence-electron chi connectivity index (χ1n) is 6.90. The molecule has 17 heavy (non-hydrogen) atoms. The van der Waals surface area contributed by atoms with E-state index in [0.717, 1.165) is 19.6 Å². The van der Waals surface area contributed by atoms with Gasteiger partial charge in [-0.1, -0.05) is 0 Å². The molecule has 0 spiro atoms. The quantitative estimate of drug-likeness (QED) is 0.533. The van der Waals surface area contributed by atoms with Crippen LogP contribution >= 0.6 is 11.6 Å². The molecule has 2 nitrogen and oxygen atoms in total. The Hall–Kier alpha value is 0.820. The van der Waals surface area contributed by atoms with Gasteiger partial charge in [-0.05, 0) is 0 Å². The second kappa shape index (κ2) is 8.08. The molecule has 0 aromatic heterocycles. The van der Waals surface area contributed by atoms with Crippen molar-refractivity contribution in [1.82, 2.24) is 0 Å². The average molecular weight is 361 g/mol. The van der Waals surface area contributed by atoms with E-state index in [1.54, 1.807) is 0 Å². The topological polar surface area (TPSA) is 18.5 Å². The standard InChI is InChI=1S/C9H17O2.C4H5Cl.In/c1-2-3-7-10-9-6-4-5-8-11-9;1-3-4(2)5;/h9H,1-8H2;1,3-4H,2H2;. The molecule has 2 aliphatic heterocycles. The molecule has 0 bridgehead atoms. The zero-order valence-electron chi connectivity index (χ0n) is 10.4. The van der Waals surface area contributed by atoms with Crippen LogP contribution in [0.15, 0.2) is 9.91 Å². The summed E-state index contributed by atoms with van der Waals surface area (Å²) in [4.78, 5) is 0. The first-order valence-corrected chi connectivity index (χ1v) is 13.9. The van der Waals surface area contributed by atoms with Gasteiger partial charge in [0.05, 0.1) is 0 Å². The molecule has 2 unspecified atom stereocenters. The van der Waals surface area contributed by atoms with Crippen LogP contribution in [0.25, 0.3) is 0 Å². The molecule has 0 aromatic rings. The van der Waals surface area contributed by atoms with Gasteiger partial charge < -0.3 is 0 Å². The van der Waals surface area contributed by atoms with Gasteiger partial charge in [0.15, 0.2) is 0 Å². The van der Waals surface area contributed by atoms with Gasteiger partial charge in [-0.3, -0.25) is 0 Å². The predicted molar refractivity (Wildman–Crippen MR) is 72.9 cm³/mol. The fourth-order valence-corrected chi connectivity index (χ4v) is 12.3. The number of allylic oxidation sites excluding steroid dienone is 1. The third-order valence-electron chi connectivity index (χ3n) is 3.53. The number of alkyl halides is 1. The molecular weight excluding hydrogens is 338 g/mol. The van der Waals surface area contributed by atoms with Crippen LogP contribution in [0.1, 0.15) is 32.1 Å². The molecule has 1 fully saturated rings. The maximum absolute atomic E-state index is 6.07. The number of halogens is 1. The van der Waals surface area contributed by atoms with Crippen molar-refractivity contribution in [3.63, 3.8) is 0 Å². The summed E-state index contributed by atoms with van der Waals surface area (Å²) < 4.78 is 16.5. The van der Waals surface area contributed by atoms with Crippen molar-refractivity contribution in [3.8, 4) is 0 Å². The van der Waals surface area contributed by atoms with Crippen LogP contribution < -0.4 is 0 Å². The van der Waals surface area contributed by atoms with E-state index < -0.39 is 21.4 Å². The van der Waals surface area contributed by atoms with Crippen LogP contribution in [0.4, 0.5) is 0 Å². The molecule has 0 N–H and O–H groups in total. The van der Waals surface area contributed by atoms with Gasteiger partial charge in [-0.25, -0.2) is 0 Å². The normalized spacial score (nSPS) is 28.9. The van der Waals surface area contributed by atoms with Crippen molar-refractivity contribution < 1.29 is 9.47 Å². The van der Waals surface area contributed by atoms with Crippen LogP contribution in [0.3, 0.4) is 0 Å². The van der Waals surface area contributed by atoms with E-state index >= 15 is 0 Å². The Morgan fingerprint density at radius 3 is 3.00 bits per heavy atom. The van der Waals surface area contributed by atoms with E-state index in [1.807, 2.05) is 0 Å². The van der Waals surface area contributed by atoms with E-state index in [-0.39, 0.29) is 6.29 Å². The molecule has 0 radical (unpaired) electrons. The Morgan fingerprint density at radius 1 is 1.35 bits per heavy atom. The maximum atomic E-state index is 6.07. The first-order chi connectivity index (χ1) is 8.34. The van der Waals surface area contributed by atoms with Gasteiger partial charge in [0, 0.05) is 0 Å². The van der Waals surface area contributed by atoms with Crippen molar-refractivity contribution >= 4 is 33.0 Å². The molecule has 96 valence electrons. The molecule has 2 rings (SSSR count). The van der Waals surface area contributed by atoms with Crippen LogP contribution in [-0.4, -0.2) is 46.3 Å². The summed E-state index contributed by atoms with van der Waals surface area (Å²) in [6, 6.07) is 0. The Labute approximate surface area is 117 Å². The number of hydrogen-bond acceptors (Lipinski definition) is 2. The van der Waals surface area contributed by atoms with Gasteiger partial charge in [0.25, 0.3) is 0 Å². The molecule has 0 saturated carbocycles. The summed E-state index contributed by atoms with van der Waals surface area (Å²) in [5, 5.41) is 0.364. The molecular formula is C13H22ClInO2. The van der Waals surface area contributed by atoms with E-state index in [0.29, 0.717) is 5.38 Å². The molecule has 1 saturated heterocycles. The molecule has 0 amide bonds. The Morgan fingerprint density at radius 2 is 2.29 bits per heavy atom. The number of hydrogen-bond donors (Lipinski definition) is 0. The molecule has 4 heteroatoms. The monoisotopic (exact) mass is 360 g/mol. The van der Waals surface area contributed by atoms with Gasteiger partial charge in [-0.2, -0.15) is 0 Å². The van der Waals surface area contributed by atoms with Crippen molar-refractivity contribution in [2.24, 2.45) is 0 Å². The summed E-state index contributed by atoms with van der Waals surface area (Å²) in [6.07, 6.45) is 8.35. The van der Waals surface area contributed by atoms with Crippen molar-refractivity contribution in [1.29, 1.82) is 0 Å². The Bertz CT molecular complexity index is 242. The second-order valence-corrected chi connectivity index (χ2v) is 14.1. The van der Waals surface area contributed by atoms with E-state index in [1.165, 1.54) is 34.0 Å². The van der Waals surface area contributed by atoms with Gasteiger partial charge in [0.1, 0.15) is 0 Å². The minimum atomic E-state index is -1.29. The van der Waals surface area contributed by atoms with E-state index in [4.69, 9.17) is 21.1 Å². The SMILES string of the molecule is ClC1C=[CH][In]([CH2]CCCOC2CCCCO2)[CH2]1. The van der Waals surface area contributed by atoms with Gasteiger partial charge >= 0.3 is 118 Å². The van der Waals surface area contributed by atoms with Crippen LogP contribution in [0.2, 0.25) is 8.35 Å².